The molecule has 0 spiro atoms. The van der Waals surface area contributed by atoms with Gasteiger partial charge in [0.25, 0.3) is 0 Å². The fraction of sp³-hybridized carbons (Fsp3) is 0.222. The summed E-state index contributed by atoms with van der Waals surface area (Å²) >= 11 is 0. The predicted molar refractivity (Wildman–Crippen MR) is 159 cm³/mol. The summed E-state index contributed by atoms with van der Waals surface area (Å²) in [5.41, 5.74) is 1.04. The average molecular weight is 619 g/mol. The second kappa shape index (κ2) is 21.1. The summed E-state index contributed by atoms with van der Waals surface area (Å²) in [6, 6.07) is 17.3. The third-order valence-corrected chi connectivity index (χ3v) is 6.11. The molecule has 4 aromatic rings. The number of rotatable bonds is 8. The second-order valence-corrected chi connectivity index (χ2v) is 9.35. The zero-order valence-corrected chi connectivity index (χ0v) is 25.5. The van der Waals surface area contributed by atoms with E-state index in [-0.39, 0.29) is 21.7 Å². The number of allylic oxidation sites excluding steroid dienone is 8. The molecule has 0 radical (unpaired) electrons. The molecule has 2 aromatic heterocycles. The molecule has 0 fully saturated rings. The Labute approximate surface area is 267 Å². The molecule has 7 heteroatoms. The Bertz CT molecular complexity index is 1290. The summed E-state index contributed by atoms with van der Waals surface area (Å²) in [5, 5.41) is 0. The van der Waals surface area contributed by atoms with Gasteiger partial charge < -0.3 is 9.13 Å². The maximum Gasteiger partial charge on any atom is 4.00 e. The first kappa shape index (κ1) is 35.6. The Balaban J connectivity index is 0.000000223. The van der Waals surface area contributed by atoms with Gasteiger partial charge in [0.05, 0.1) is 0 Å². The first-order chi connectivity index (χ1) is 20.5. The van der Waals surface area contributed by atoms with Gasteiger partial charge in [0.2, 0.25) is 0 Å². The molecule has 0 unspecified atom stereocenters. The van der Waals surface area contributed by atoms with E-state index in [0.717, 1.165) is 38.8 Å². The van der Waals surface area contributed by atoms with E-state index < -0.39 is 23.3 Å². The van der Waals surface area contributed by atoms with Crippen molar-refractivity contribution >= 4 is 0 Å². The quantitative estimate of drug-likeness (QED) is 0.106. The first-order valence-electron chi connectivity index (χ1n) is 13.9. The van der Waals surface area contributed by atoms with Gasteiger partial charge in [0.1, 0.15) is 0 Å². The summed E-state index contributed by atoms with van der Waals surface area (Å²) in [4.78, 5) is 0. The minimum atomic E-state index is -0.647. The van der Waals surface area contributed by atoms with Crippen molar-refractivity contribution in [1.82, 2.24) is 9.13 Å². The standard InChI is InChI=1S/2C13H12F2N.2C5H5.Ti/c2*14-12-6-5-11(13(15)10-12)4-3-9-16-7-1-2-8-16;2*1-2-4-5-3-1;/h2*1-2,5-8H,3-4,9H2;2*1-3H,4H2;/q4*-1;+4. The average Bonchev–Trinajstić information content (AvgIpc) is 3.81. The summed E-state index contributed by atoms with van der Waals surface area (Å²) in [7, 11) is 0. The van der Waals surface area contributed by atoms with Crippen LogP contribution in [0.25, 0.3) is 0 Å². The van der Waals surface area contributed by atoms with Gasteiger partial charge in [0, 0.05) is 61.1 Å². The summed E-state index contributed by atoms with van der Waals surface area (Å²) in [6.07, 6.45) is 30.7. The van der Waals surface area contributed by atoms with Crippen LogP contribution >= 0.6 is 0 Å². The third-order valence-electron chi connectivity index (χ3n) is 6.11. The van der Waals surface area contributed by atoms with Crippen molar-refractivity contribution in [1.29, 1.82) is 0 Å². The fourth-order valence-electron chi connectivity index (χ4n) is 3.96. The molecular formula is C36H34F4N2Ti. The fourth-order valence-corrected chi connectivity index (χ4v) is 3.96. The van der Waals surface area contributed by atoms with Crippen LogP contribution in [-0.4, -0.2) is 9.13 Å². The molecule has 220 valence electrons. The van der Waals surface area contributed by atoms with Crippen LogP contribution in [0.2, 0.25) is 0 Å². The number of hydrogen-bond donors (Lipinski definition) is 0. The molecule has 43 heavy (non-hydrogen) atoms. The van der Waals surface area contributed by atoms with Crippen LogP contribution in [0, 0.1) is 47.6 Å². The van der Waals surface area contributed by atoms with E-state index in [0.29, 0.717) is 24.0 Å². The smallest absolute Gasteiger partial charge is 0.354 e. The van der Waals surface area contributed by atoms with E-state index >= 15 is 0 Å². The Kier molecular flexibility index (Phi) is 17.5. The van der Waals surface area contributed by atoms with Crippen molar-refractivity contribution in [3.05, 3.63) is 168 Å². The number of hydrogen-bond acceptors (Lipinski definition) is 0. The zero-order chi connectivity index (χ0) is 29.8. The van der Waals surface area contributed by atoms with Crippen molar-refractivity contribution < 1.29 is 39.3 Å². The SMILES string of the molecule is Fc1[c-]c(F)c(CCCn2cccc2)cc1.Fc1[c-]c(F)c(CCCn2cccc2)cc1.[C-]1=CC=CC1.[C-]1=CC=CC1.[Ti+4]. The number of aromatic nitrogens is 2. The van der Waals surface area contributed by atoms with E-state index in [1.165, 1.54) is 24.3 Å². The van der Waals surface area contributed by atoms with Crippen molar-refractivity contribution in [3.8, 4) is 0 Å². The maximum absolute atomic E-state index is 13.2. The van der Waals surface area contributed by atoms with Crippen LogP contribution in [0.1, 0.15) is 36.8 Å². The normalized spacial score (nSPS) is 12.0. The molecule has 0 bridgehead atoms. The van der Waals surface area contributed by atoms with Crippen LogP contribution in [0.3, 0.4) is 0 Å². The second-order valence-electron chi connectivity index (χ2n) is 9.35. The molecule has 2 heterocycles. The van der Waals surface area contributed by atoms with Crippen LogP contribution in [-0.2, 0) is 47.6 Å². The van der Waals surface area contributed by atoms with E-state index in [4.69, 9.17) is 0 Å². The third kappa shape index (κ3) is 14.9. The summed E-state index contributed by atoms with van der Waals surface area (Å²) < 4.78 is 55.7. The Morgan fingerprint density at radius 2 is 0.977 bits per heavy atom. The molecule has 0 N–H and O–H groups in total. The summed E-state index contributed by atoms with van der Waals surface area (Å²) in [6.45, 7) is 1.67. The molecule has 0 saturated carbocycles. The van der Waals surface area contributed by atoms with Crippen LogP contribution < -0.4 is 0 Å². The number of benzene rings is 2. The van der Waals surface area contributed by atoms with Crippen molar-refractivity contribution in [2.45, 2.75) is 51.6 Å². The number of aryl methyl sites for hydroxylation is 4. The molecule has 2 aromatic carbocycles. The first-order valence-corrected chi connectivity index (χ1v) is 13.9. The molecule has 2 nitrogen and oxygen atoms in total. The molecule has 0 amide bonds. The van der Waals surface area contributed by atoms with Crippen molar-refractivity contribution in [2.24, 2.45) is 0 Å². The molecule has 2 aliphatic carbocycles. The van der Waals surface area contributed by atoms with Gasteiger partial charge in [-0.1, -0.05) is 12.8 Å². The van der Waals surface area contributed by atoms with Gasteiger partial charge in [-0.2, -0.15) is 24.3 Å². The van der Waals surface area contributed by atoms with E-state index in [9.17, 15) is 17.6 Å². The Morgan fingerprint density at radius 1 is 0.581 bits per heavy atom. The minimum absolute atomic E-state index is 0. The molecule has 2 aliphatic rings. The minimum Gasteiger partial charge on any atom is -0.354 e. The van der Waals surface area contributed by atoms with Gasteiger partial charge in [-0.3, -0.25) is 12.2 Å². The Hall–Kier alpha value is -3.61. The molecule has 0 aliphatic heterocycles. The zero-order valence-electron chi connectivity index (χ0n) is 24.0. The summed E-state index contributed by atoms with van der Waals surface area (Å²) in [5.74, 6) is -2.45. The molecular weight excluding hydrogens is 584 g/mol. The largest absolute Gasteiger partial charge is 4.00 e. The predicted octanol–water partition coefficient (Wildman–Crippen LogP) is 9.01. The van der Waals surface area contributed by atoms with E-state index in [1.54, 1.807) is 0 Å². The maximum atomic E-state index is 13.2. The van der Waals surface area contributed by atoms with Crippen molar-refractivity contribution in [3.63, 3.8) is 0 Å². The van der Waals surface area contributed by atoms with E-state index in [1.807, 2.05) is 94.6 Å². The molecule has 0 atom stereocenters. The van der Waals surface area contributed by atoms with Crippen molar-refractivity contribution in [2.75, 3.05) is 0 Å². The number of halogens is 4. The van der Waals surface area contributed by atoms with Gasteiger partial charge in [-0.05, 0) is 37.1 Å². The van der Waals surface area contributed by atoms with Gasteiger partial charge in [-0.15, -0.1) is 48.2 Å². The molecule has 0 saturated heterocycles. The monoisotopic (exact) mass is 618 g/mol. The van der Waals surface area contributed by atoms with Crippen LogP contribution in [0.15, 0.2) is 110 Å². The van der Waals surface area contributed by atoms with Gasteiger partial charge in [0.15, 0.2) is 0 Å². The number of nitrogens with zero attached hydrogens (tertiary/aromatic N) is 2. The van der Waals surface area contributed by atoms with Crippen LogP contribution in [0.5, 0.6) is 0 Å². The Morgan fingerprint density at radius 3 is 1.26 bits per heavy atom. The van der Waals surface area contributed by atoms with Crippen LogP contribution in [0.4, 0.5) is 17.6 Å². The van der Waals surface area contributed by atoms with Gasteiger partial charge in [-0.25, -0.2) is 41.9 Å². The van der Waals surface area contributed by atoms with E-state index in [2.05, 4.69) is 24.3 Å². The topological polar surface area (TPSA) is 9.86 Å². The molecule has 6 rings (SSSR count). The van der Waals surface area contributed by atoms with Gasteiger partial charge >= 0.3 is 21.7 Å².